The van der Waals surface area contributed by atoms with E-state index in [0.29, 0.717) is 0 Å². The van der Waals surface area contributed by atoms with E-state index in [4.69, 9.17) is 11.6 Å². The number of hydrogen-bond donors (Lipinski definition) is 1. The van der Waals surface area contributed by atoms with E-state index < -0.39 is 0 Å². The molecule has 2 aromatic heterocycles. The summed E-state index contributed by atoms with van der Waals surface area (Å²) in [5.74, 6) is 0. The first-order chi connectivity index (χ1) is 10.3. The molecular weight excluding hydrogens is 300 g/mol. The van der Waals surface area contributed by atoms with Crippen LogP contribution in [0.15, 0.2) is 36.4 Å². The van der Waals surface area contributed by atoms with E-state index in [-0.39, 0.29) is 0 Å². The summed E-state index contributed by atoms with van der Waals surface area (Å²) in [6.45, 7) is 1.98. The molecule has 0 saturated heterocycles. The molecule has 2 nitrogen and oxygen atoms in total. The van der Waals surface area contributed by atoms with E-state index in [1.807, 2.05) is 6.07 Å². The Kier molecular flexibility index (Phi) is 3.34. The van der Waals surface area contributed by atoms with Crippen molar-refractivity contribution >= 4 is 45.4 Å². The van der Waals surface area contributed by atoms with Gasteiger partial charge >= 0.3 is 0 Å². The molecule has 1 N–H and O–H groups in total. The number of aromatic nitrogens is 1. The molecule has 1 aliphatic rings. The minimum atomic E-state index is 0.857. The van der Waals surface area contributed by atoms with E-state index in [2.05, 4.69) is 52.5 Å². The SMILES string of the molecule is Clc1cc2c(s1)c1c(n2/C=C/c2ccccc2)CCNC1. The van der Waals surface area contributed by atoms with Gasteiger partial charge in [0.15, 0.2) is 0 Å². The minimum Gasteiger partial charge on any atom is -0.319 e. The number of nitrogens with one attached hydrogen (secondary N) is 1. The average molecular weight is 315 g/mol. The van der Waals surface area contributed by atoms with E-state index in [1.165, 1.54) is 27.0 Å². The predicted octanol–water partition coefficient (Wildman–Crippen LogP) is 4.63. The van der Waals surface area contributed by atoms with Crippen molar-refractivity contribution in [1.29, 1.82) is 0 Å². The quantitative estimate of drug-likeness (QED) is 0.729. The van der Waals surface area contributed by atoms with E-state index >= 15 is 0 Å². The van der Waals surface area contributed by atoms with Gasteiger partial charge in [0.1, 0.15) is 0 Å². The lowest BCUT2D eigenvalue weighted by atomic mass is 10.1. The minimum absolute atomic E-state index is 0.857. The molecular formula is C17H15ClN2S. The van der Waals surface area contributed by atoms with E-state index in [0.717, 1.165) is 23.8 Å². The summed E-state index contributed by atoms with van der Waals surface area (Å²) in [7, 11) is 0. The van der Waals surface area contributed by atoms with Crippen LogP contribution in [0.25, 0.3) is 22.5 Å². The number of halogens is 1. The maximum Gasteiger partial charge on any atom is 0.0956 e. The third-order valence-corrected chi connectivity index (χ3v) is 5.22. The Hall–Kier alpha value is -1.55. The number of nitrogens with zero attached hydrogens (tertiary/aromatic N) is 1. The van der Waals surface area contributed by atoms with Crippen LogP contribution in [0.2, 0.25) is 4.34 Å². The third-order valence-electron chi connectivity index (χ3n) is 3.91. The van der Waals surface area contributed by atoms with Crippen molar-refractivity contribution in [3.05, 3.63) is 57.6 Å². The molecule has 21 heavy (non-hydrogen) atoms. The Morgan fingerprint density at radius 3 is 2.95 bits per heavy atom. The van der Waals surface area contributed by atoms with Gasteiger partial charge in [-0.1, -0.05) is 41.9 Å². The Morgan fingerprint density at radius 2 is 2.10 bits per heavy atom. The second-order valence-corrected chi connectivity index (χ2v) is 6.90. The third kappa shape index (κ3) is 2.31. The van der Waals surface area contributed by atoms with Gasteiger partial charge in [-0.2, -0.15) is 0 Å². The predicted molar refractivity (Wildman–Crippen MR) is 91.9 cm³/mol. The molecule has 1 aromatic carbocycles. The van der Waals surface area contributed by atoms with Crippen LogP contribution in [0.1, 0.15) is 16.8 Å². The molecule has 0 bridgehead atoms. The van der Waals surface area contributed by atoms with Gasteiger partial charge in [-0.05, 0) is 17.7 Å². The Balaban J connectivity index is 1.85. The second-order valence-electron chi connectivity index (χ2n) is 5.21. The molecule has 4 rings (SSSR count). The van der Waals surface area contributed by atoms with Crippen molar-refractivity contribution in [2.24, 2.45) is 0 Å². The molecule has 3 heterocycles. The van der Waals surface area contributed by atoms with Crippen LogP contribution < -0.4 is 5.32 Å². The van der Waals surface area contributed by atoms with Gasteiger partial charge in [-0.3, -0.25) is 0 Å². The van der Waals surface area contributed by atoms with Crippen LogP contribution in [-0.2, 0) is 13.0 Å². The van der Waals surface area contributed by atoms with Crippen molar-refractivity contribution in [1.82, 2.24) is 9.88 Å². The smallest absolute Gasteiger partial charge is 0.0956 e. The zero-order valence-corrected chi connectivity index (χ0v) is 13.0. The molecule has 0 saturated carbocycles. The molecule has 0 atom stereocenters. The second kappa shape index (κ2) is 5.34. The monoisotopic (exact) mass is 314 g/mol. The zero-order valence-electron chi connectivity index (χ0n) is 11.5. The average Bonchev–Trinajstić information content (AvgIpc) is 3.02. The number of thiophene rings is 1. The fraction of sp³-hybridized carbons (Fsp3) is 0.176. The van der Waals surface area contributed by atoms with E-state index in [9.17, 15) is 0 Å². The largest absolute Gasteiger partial charge is 0.319 e. The summed E-state index contributed by atoms with van der Waals surface area (Å²) >= 11 is 7.90. The highest BCUT2D eigenvalue weighted by Crippen LogP contribution is 2.37. The van der Waals surface area contributed by atoms with Crippen LogP contribution in [-0.4, -0.2) is 11.1 Å². The molecule has 106 valence electrons. The van der Waals surface area contributed by atoms with E-state index in [1.54, 1.807) is 11.3 Å². The summed E-state index contributed by atoms with van der Waals surface area (Å²) in [6, 6.07) is 12.5. The van der Waals surface area contributed by atoms with Gasteiger partial charge in [0, 0.05) is 37.0 Å². The van der Waals surface area contributed by atoms with Gasteiger partial charge in [-0.15, -0.1) is 11.3 Å². The van der Waals surface area contributed by atoms with Gasteiger partial charge in [0.2, 0.25) is 0 Å². The molecule has 0 spiro atoms. The van der Waals surface area contributed by atoms with Crippen molar-refractivity contribution in [2.45, 2.75) is 13.0 Å². The van der Waals surface area contributed by atoms with Crippen LogP contribution in [0.5, 0.6) is 0 Å². The van der Waals surface area contributed by atoms with Gasteiger partial charge in [0.25, 0.3) is 0 Å². The topological polar surface area (TPSA) is 17.0 Å². The fourth-order valence-electron chi connectivity index (χ4n) is 2.94. The molecule has 1 aliphatic heterocycles. The van der Waals surface area contributed by atoms with Gasteiger partial charge < -0.3 is 9.88 Å². The molecule has 4 heteroatoms. The molecule has 3 aromatic rings. The fourth-order valence-corrected chi connectivity index (χ4v) is 4.21. The van der Waals surface area contributed by atoms with Crippen LogP contribution >= 0.6 is 22.9 Å². The number of rotatable bonds is 2. The molecule has 0 unspecified atom stereocenters. The van der Waals surface area contributed by atoms with Crippen LogP contribution in [0, 0.1) is 0 Å². The van der Waals surface area contributed by atoms with Gasteiger partial charge in [0.05, 0.1) is 14.6 Å². The highest BCUT2D eigenvalue weighted by atomic mass is 35.5. The first-order valence-corrected chi connectivity index (χ1v) is 8.27. The molecule has 0 radical (unpaired) electrons. The maximum atomic E-state index is 6.22. The van der Waals surface area contributed by atoms with Crippen molar-refractivity contribution in [3.8, 4) is 0 Å². The Morgan fingerprint density at radius 1 is 1.24 bits per heavy atom. The van der Waals surface area contributed by atoms with Crippen molar-refractivity contribution in [2.75, 3.05) is 6.54 Å². The summed E-state index contributed by atoms with van der Waals surface area (Å²) in [6.07, 6.45) is 5.39. The maximum absolute atomic E-state index is 6.22. The number of benzene rings is 1. The molecule has 0 aliphatic carbocycles. The summed E-state index contributed by atoms with van der Waals surface area (Å²) in [5, 5.41) is 3.46. The summed E-state index contributed by atoms with van der Waals surface area (Å²) < 4.78 is 4.48. The zero-order chi connectivity index (χ0) is 14.2. The lowest BCUT2D eigenvalue weighted by molar-refractivity contribution is 0.634. The van der Waals surface area contributed by atoms with Crippen molar-refractivity contribution in [3.63, 3.8) is 0 Å². The Labute approximate surface area is 132 Å². The van der Waals surface area contributed by atoms with Crippen LogP contribution in [0.3, 0.4) is 0 Å². The first-order valence-electron chi connectivity index (χ1n) is 7.08. The van der Waals surface area contributed by atoms with Gasteiger partial charge in [-0.25, -0.2) is 0 Å². The Bertz CT molecular complexity index is 814. The number of hydrogen-bond acceptors (Lipinski definition) is 2. The molecule has 0 amide bonds. The normalized spacial score (nSPS) is 14.9. The van der Waals surface area contributed by atoms with Crippen molar-refractivity contribution < 1.29 is 0 Å². The molecule has 0 fully saturated rings. The standard InChI is InChI=1S/C17H15ClN2S/c18-16-10-15-17(21-16)13-11-19-8-6-14(13)20(15)9-7-12-4-2-1-3-5-12/h1-5,7,9-10,19H,6,8,11H2/b9-7+. The number of fused-ring (bicyclic) bond motifs is 3. The first kappa shape index (κ1) is 13.1. The van der Waals surface area contributed by atoms with Crippen LogP contribution in [0.4, 0.5) is 0 Å². The highest BCUT2D eigenvalue weighted by molar-refractivity contribution is 7.22. The summed E-state index contributed by atoms with van der Waals surface area (Å²) in [4.78, 5) is 0. The summed E-state index contributed by atoms with van der Waals surface area (Å²) in [5.41, 5.74) is 5.26. The lowest BCUT2D eigenvalue weighted by Gasteiger charge is -2.15. The lowest BCUT2D eigenvalue weighted by Crippen LogP contribution is -2.24. The highest BCUT2D eigenvalue weighted by Gasteiger charge is 2.20.